The molecule has 0 bridgehead atoms. The lowest BCUT2D eigenvalue weighted by Crippen LogP contribution is -2.25. The van der Waals surface area contributed by atoms with E-state index in [4.69, 9.17) is 4.74 Å². The van der Waals surface area contributed by atoms with Gasteiger partial charge in [0.15, 0.2) is 0 Å². The van der Waals surface area contributed by atoms with Gasteiger partial charge in [0.1, 0.15) is 0 Å². The lowest BCUT2D eigenvalue weighted by atomic mass is 10.4. The van der Waals surface area contributed by atoms with E-state index >= 15 is 0 Å². The third-order valence-electron chi connectivity index (χ3n) is 1.83. The minimum atomic E-state index is -0.0219. The minimum Gasteiger partial charge on any atom is -0.380 e. The van der Waals surface area contributed by atoms with Gasteiger partial charge in [0.25, 0.3) is 5.56 Å². The largest absolute Gasteiger partial charge is 0.380 e. The Bertz CT molecular complexity index is 335. The van der Waals surface area contributed by atoms with Crippen LogP contribution in [0.5, 0.6) is 0 Å². The number of pyridine rings is 1. The van der Waals surface area contributed by atoms with Crippen LogP contribution in [0.2, 0.25) is 0 Å². The summed E-state index contributed by atoms with van der Waals surface area (Å²) in [4.78, 5) is 11.5. The zero-order valence-electron chi connectivity index (χ0n) is 7.66. The molecule has 0 amide bonds. The summed E-state index contributed by atoms with van der Waals surface area (Å²) in [5, 5.41) is 0. The lowest BCUT2D eigenvalue weighted by molar-refractivity contribution is 0.102. The van der Waals surface area contributed by atoms with Gasteiger partial charge >= 0.3 is 0 Å². The highest BCUT2D eigenvalue weighted by Gasteiger charge is 2.03. The molecule has 0 aliphatic heterocycles. The standard InChI is InChI=1S/C9H12BrNO2/c1-7(13-2)6-11-5-3-4-8(10)9(11)12/h3-5,7H,6H2,1-2H3. The first-order chi connectivity index (χ1) is 6.15. The van der Waals surface area contributed by atoms with Crippen LogP contribution in [0.25, 0.3) is 0 Å². The fraction of sp³-hybridized carbons (Fsp3) is 0.444. The Morgan fingerprint density at radius 1 is 1.69 bits per heavy atom. The third kappa shape index (κ3) is 2.67. The third-order valence-corrected chi connectivity index (χ3v) is 2.43. The Hall–Kier alpha value is -0.610. The molecule has 0 aliphatic rings. The summed E-state index contributed by atoms with van der Waals surface area (Å²) < 4.78 is 7.28. The maximum atomic E-state index is 11.5. The summed E-state index contributed by atoms with van der Waals surface area (Å²) in [7, 11) is 1.63. The number of ether oxygens (including phenoxy) is 1. The van der Waals surface area contributed by atoms with Gasteiger partial charge in [0.05, 0.1) is 17.1 Å². The maximum Gasteiger partial charge on any atom is 0.264 e. The van der Waals surface area contributed by atoms with E-state index in [-0.39, 0.29) is 11.7 Å². The number of hydrogen-bond donors (Lipinski definition) is 0. The van der Waals surface area contributed by atoms with Crippen LogP contribution in [0.3, 0.4) is 0 Å². The van der Waals surface area contributed by atoms with Gasteiger partial charge in [-0.2, -0.15) is 0 Å². The predicted octanol–water partition coefficient (Wildman–Crippen LogP) is 1.65. The van der Waals surface area contributed by atoms with E-state index in [1.807, 2.05) is 13.0 Å². The van der Waals surface area contributed by atoms with Crippen LogP contribution in [0.15, 0.2) is 27.6 Å². The number of halogens is 1. The van der Waals surface area contributed by atoms with Crippen LogP contribution in [-0.2, 0) is 11.3 Å². The van der Waals surface area contributed by atoms with Crippen molar-refractivity contribution in [1.29, 1.82) is 0 Å². The molecule has 0 aliphatic carbocycles. The SMILES string of the molecule is COC(C)Cn1cccc(Br)c1=O. The molecular weight excluding hydrogens is 234 g/mol. The molecule has 0 saturated carbocycles. The molecule has 1 aromatic heterocycles. The smallest absolute Gasteiger partial charge is 0.264 e. The molecule has 1 rings (SSSR count). The summed E-state index contributed by atoms with van der Waals surface area (Å²) in [6.07, 6.45) is 1.80. The zero-order valence-corrected chi connectivity index (χ0v) is 9.24. The van der Waals surface area contributed by atoms with Gasteiger partial charge in [-0.05, 0) is 35.0 Å². The van der Waals surface area contributed by atoms with Gasteiger partial charge in [0.2, 0.25) is 0 Å². The lowest BCUT2D eigenvalue weighted by Gasteiger charge is -2.11. The summed E-state index contributed by atoms with van der Waals surface area (Å²) in [5.74, 6) is 0. The second kappa shape index (κ2) is 4.58. The summed E-state index contributed by atoms with van der Waals surface area (Å²) >= 11 is 3.18. The molecule has 72 valence electrons. The molecule has 0 radical (unpaired) electrons. The van der Waals surface area contributed by atoms with Crippen molar-refractivity contribution < 1.29 is 4.74 Å². The first-order valence-electron chi connectivity index (χ1n) is 4.03. The predicted molar refractivity (Wildman–Crippen MR) is 54.9 cm³/mol. The Kier molecular flexibility index (Phi) is 3.69. The molecule has 0 spiro atoms. The first-order valence-corrected chi connectivity index (χ1v) is 4.82. The molecule has 3 nitrogen and oxygen atoms in total. The number of methoxy groups -OCH3 is 1. The van der Waals surface area contributed by atoms with Crippen molar-refractivity contribution in [2.75, 3.05) is 7.11 Å². The normalized spacial score (nSPS) is 12.8. The van der Waals surface area contributed by atoms with Crippen molar-refractivity contribution in [1.82, 2.24) is 4.57 Å². The molecule has 0 fully saturated rings. The molecule has 4 heteroatoms. The Balaban J connectivity index is 2.89. The van der Waals surface area contributed by atoms with E-state index in [9.17, 15) is 4.79 Å². The fourth-order valence-electron chi connectivity index (χ4n) is 1.00. The summed E-state index contributed by atoms with van der Waals surface area (Å²) in [5.41, 5.74) is -0.0219. The van der Waals surface area contributed by atoms with E-state index in [0.29, 0.717) is 11.0 Å². The molecule has 13 heavy (non-hydrogen) atoms. The van der Waals surface area contributed by atoms with Crippen molar-refractivity contribution in [2.24, 2.45) is 0 Å². The van der Waals surface area contributed by atoms with E-state index < -0.39 is 0 Å². The van der Waals surface area contributed by atoms with Crippen LogP contribution in [0.4, 0.5) is 0 Å². The van der Waals surface area contributed by atoms with Crippen molar-refractivity contribution in [3.63, 3.8) is 0 Å². The molecule has 1 heterocycles. The highest BCUT2D eigenvalue weighted by atomic mass is 79.9. The Morgan fingerprint density at radius 3 is 3.00 bits per heavy atom. The number of nitrogens with zero attached hydrogens (tertiary/aromatic N) is 1. The number of hydrogen-bond acceptors (Lipinski definition) is 2. The Labute approximate surface area is 85.5 Å². The van der Waals surface area contributed by atoms with Crippen LogP contribution >= 0.6 is 15.9 Å². The van der Waals surface area contributed by atoms with Crippen LogP contribution in [-0.4, -0.2) is 17.8 Å². The van der Waals surface area contributed by atoms with Crippen molar-refractivity contribution in [2.45, 2.75) is 19.6 Å². The van der Waals surface area contributed by atoms with Gasteiger partial charge < -0.3 is 9.30 Å². The summed E-state index contributed by atoms with van der Waals surface area (Å²) in [6, 6.07) is 3.56. The quantitative estimate of drug-likeness (QED) is 0.811. The molecule has 0 aromatic carbocycles. The van der Waals surface area contributed by atoms with Gasteiger partial charge in [0, 0.05) is 13.3 Å². The van der Waals surface area contributed by atoms with E-state index in [0.717, 1.165) is 0 Å². The van der Waals surface area contributed by atoms with Gasteiger partial charge in [-0.15, -0.1) is 0 Å². The van der Waals surface area contributed by atoms with Crippen LogP contribution in [0, 0.1) is 0 Å². The van der Waals surface area contributed by atoms with Crippen molar-refractivity contribution in [3.05, 3.63) is 33.2 Å². The topological polar surface area (TPSA) is 31.2 Å². The summed E-state index contributed by atoms with van der Waals surface area (Å²) in [6.45, 7) is 2.50. The van der Waals surface area contributed by atoms with Crippen LogP contribution in [0.1, 0.15) is 6.92 Å². The monoisotopic (exact) mass is 245 g/mol. The first kappa shape index (κ1) is 10.5. The van der Waals surface area contributed by atoms with Gasteiger partial charge in [-0.3, -0.25) is 4.79 Å². The molecule has 1 atom stereocenters. The number of aromatic nitrogens is 1. The average molecular weight is 246 g/mol. The molecule has 1 aromatic rings. The molecule has 1 unspecified atom stereocenters. The molecule has 0 saturated heterocycles. The van der Waals surface area contributed by atoms with Crippen LogP contribution < -0.4 is 5.56 Å². The highest BCUT2D eigenvalue weighted by Crippen LogP contribution is 2.01. The van der Waals surface area contributed by atoms with Gasteiger partial charge in [-0.25, -0.2) is 0 Å². The molecular formula is C9H12BrNO2. The minimum absolute atomic E-state index is 0.0219. The zero-order chi connectivity index (χ0) is 9.84. The molecule has 0 N–H and O–H groups in total. The van der Waals surface area contributed by atoms with Crippen molar-refractivity contribution >= 4 is 15.9 Å². The average Bonchev–Trinajstić information content (AvgIpc) is 2.13. The maximum absolute atomic E-state index is 11.5. The Morgan fingerprint density at radius 2 is 2.38 bits per heavy atom. The van der Waals surface area contributed by atoms with Crippen molar-refractivity contribution in [3.8, 4) is 0 Å². The van der Waals surface area contributed by atoms with E-state index in [2.05, 4.69) is 15.9 Å². The van der Waals surface area contributed by atoms with E-state index in [1.54, 1.807) is 23.9 Å². The fourth-order valence-corrected chi connectivity index (χ4v) is 1.38. The second-order valence-electron chi connectivity index (χ2n) is 2.86. The second-order valence-corrected chi connectivity index (χ2v) is 3.71. The number of rotatable bonds is 3. The van der Waals surface area contributed by atoms with Gasteiger partial charge in [-0.1, -0.05) is 0 Å². The van der Waals surface area contributed by atoms with E-state index in [1.165, 1.54) is 0 Å². The highest BCUT2D eigenvalue weighted by molar-refractivity contribution is 9.10.